The molecule has 0 aliphatic carbocycles. The van der Waals surface area contributed by atoms with Gasteiger partial charge in [-0.05, 0) is 40.3 Å². The van der Waals surface area contributed by atoms with Crippen molar-refractivity contribution < 1.29 is 0 Å². The third kappa shape index (κ3) is 1.95. The van der Waals surface area contributed by atoms with Crippen LogP contribution in [0.4, 0.5) is 5.69 Å². The van der Waals surface area contributed by atoms with E-state index in [0.717, 1.165) is 20.5 Å². The standard InChI is InChI=1S/C9H10IN5/c10-8-2-7(15-4-13-14-5-15)1-6(3-11)9(8)12/h1-2,4-5H,3,11-12H2. The SMILES string of the molecule is NCc1cc(-n2cnnc2)cc(I)c1N. The molecule has 0 atom stereocenters. The Hall–Kier alpha value is -1.15. The summed E-state index contributed by atoms with van der Waals surface area (Å²) in [5, 5.41) is 7.51. The first kappa shape index (κ1) is 10.4. The van der Waals surface area contributed by atoms with Crippen LogP contribution in [0.5, 0.6) is 0 Å². The van der Waals surface area contributed by atoms with Crippen molar-refractivity contribution in [1.29, 1.82) is 0 Å². The van der Waals surface area contributed by atoms with Gasteiger partial charge in [0.15, 0.2) is 0 Å². The molecule has 2 aromatic rings. The summed E-state index contributed by atoms with van der Waals surface area (Å²) in [7, 11) is 0. The molecule has 15 heavy (non-hydrogen) atoms. The molecular formula is C9H10IN5. The molecule has 1 heterocycles. The fourth-order valence-electron chi connectivity index (χ4n) is 1.31. The van der Waals surface area contributed by atoms with E-state index in [2.05, 4.69) is 32.8 Å². The van der Waals surface area contributed by atoms with E-state index in [1.165, 1.54) is 0 Å². The van der Waals surface area contributed by atoms with Crippen LogP contribution in [0.3, 0.4) is 0 Å². The third-order valence-electron chi connectivity index (χ3n) is 2.14. The molecule has 78 valence electrons. The highest BCUT2D eigenvalue weighted by Crippen LogP contribution is 2.23. The van der Waals surface area contributed by atoms with Gasteiger partial charge in [0.2, 0.25) is 0 Å². The number of aromatic nitrogens is 3. The predicted octanol–water partition coefficient (Wildman–Crippen LogP) is 0.913. The smallest absolute Gasteiger partial charge is 0.123 e. The number of hydrogen-bond donors (Lipinski definition) is 2. The third-order valence-corrected chi connectivity index (χ3v) is 3.03. The van der Waals surface area contributed by atoms with Gasteiger partial charge in [-0.2, -0.15) is 0 Å². The largest absolute Gasteiger partial charge is 0.398 e. The summed E-state index contributed by atoms with van der Waals surface area (Å²) >= 11 is 2.19. The van der Waals surface area contributed by atoms with Crippen molar-refractivity contribution in [3.63, 3.8) is 0 Å². The Morgan fingerprint density at radius 3 is 2.53 bits per heavy atom. The molecule has 0 radical (unpaired) electrons. The Kier molecular flexibility index (Phi) is 2.87. The van der Waals surface area contributed by atoms with E-state index in [9.17, 15) is 0 Å². The number of benzene rings is 1. The van der Waals surface area contributed by atoms with E-state index in [1.807, 2.05) is 16.7 Å². The minimum atomic E-state index is 0.428. The first-order chi connectivity index (χ1) is 7.22. The summed E-state index contributed by atoms with van der Waals surface area (Å²) < 4.78 is 2.81. The van der Waals surface area contributed by atoms with Crippen LogP contribution in [0.15, 0.2) is 24.8 Å². The average molecular weight is 315 g/mol. The van der Waals surface area contributed by atoms with Crippen LogP contribution in [0.2, 0.25) is 0 Å². The van der Waals surface area contributed by atoms with Crippen LogP contribution < -0.4 is 11.5 Å². The van der Waals surface area contributed by atoms with Gasteiger partial charge >= 0.3 is 0 Å². The summed E-state index contributed by atoms with van der Waals surface area (Å²) in [5.74, 6) is 0. The zero-order valence-corrected chi connectivity index (χ0v) is 10.0. The zero-order valence-electron chi connectivity index (χ0n) is 7.89. The van der Waals surface area contributed by atoms with Gasteiger partial charge in [0.1, 0.15) is 12.7 Å². The van der Waals surface area contributed by atoms with Crippen LogP contribution in [0, 0.1) is 3.57 Å². The maximum absolute atomic E-state index is 5.89. The van der Waals surface area contributed by atoms with Crippen LogP contribution in [-0.2, 0) is 6.54 Å². The number of nitrogens with zero attached hydrogens (tertiary/aromatic N) is 3. The molecule has 5 nitrogen and oxygen atoms in total. The zero-order chi connectivity index (χ0) is 10.8. The molecule has 1 aromatic heterocycles. The Morgan fingerprint density at radius 2 is 1.93 bits per heavy atom. The number of nitrogens with two attached hydrogens (primary N) is 2. The van der Waals surface area contributed by atoms with Crippen LogP contribution in [0.1, 0.15) is 5.56 Å². The highest BCUT2D eigenvalue weighted by Gasteiger charge is 2.06. The van der Waals surface area contributed by atoms with Crippen molar-refractivity contribution in [2.45, 2.75) is 6.54 Å². The lowest BCUT2D eigenvalue weighted by atomic mass is 10.1. The Labute approximate surface area is 101 Å². The Balaban J connectivity index is 2.55. The molecule has 0 unspecified atom stereocenters. The van der Waals surface area contributed by atoms with Crippen molar-refractivity contribution in [1.82, 2.24) is 14.8 Å². The lowest BCUT2D eigenvalue weighted by Crippen LogP contribution is -2.05. The van der Waals surface area contributed by atoms with E-state index in [1.54, 1.807) is 12.7 Å². The van der Waals surface area contributed by atoms with E-state index in [0.29, 0.717) is 6.54 Å². The number of rotatable bonds is 2. The predicted molar refractivity (Wildman–Crippen MR) is 66.4 cm³/mol. The van der Waals surface area contributed by atoms with Gasteiger partial charge in [0.25, 0.3) is 0 Å². The van der Waals surface area contributed by atoms with Gasteiger partial charge in [0, 0.05) is 21.5 Å². The van der Waals surface area contributed by atoms with Crippen molar-refractivity contribution in [3.05, 3.63) is 33.9 Å². The van der Waals surface area contributed by atoms with E-state index in [4.69, 9.17) is 11.5 Å². The highest BCUT2D eigenvalue weighted by molar-refractivity contribution is 14.1. The number of nitrogen functional groups attached to an aromatic ring is 1. The first-order valence-electron chi connectivity index (χ1n) is 4.35. The Morgan fingerprint density at radius 1 is 1.27 bits per heavy atom. The fraction of sp³-hybridized carbons (Fsp3) is 0.111. The molecule has 0 aliphatic rings. The van der Waals surface area contributed by atoms with Gasteiger partial charge in [0.05, 0.1) is 0 Å². The van der Waals surface area contributed by atoms with Gasteiger partial charge in [-0.1, -0.05) is 0 Å². The molecule has 0 bridgehead atoms. The molecule has 0 saturated heterocycles. The summed E-state index contributed by atoms with van der Waals surface area (Å²) in [5.41, 5.74) is 14.2. The molecule has 0 aliphatic heterocycles. The molecule has 4 N–H and O–H groups in total. The maximum atomic E-state index is 5.89. The van der Waals surface area contributed by atoms with Crippen LogP contribution in [-0.4, -0.2) is 14.8 Å². The normalized spacial score (nSPS) is 10.5. The highest BCUT2D eigenvalue weighted by atomic mass is 127. The summed E-state index contributed by atoms with van der Waals surface area (Å²) in [6.45, 7) is 0.428. The van der Waals surface area contributed by atoms with Gasteiger partial charge in [-0.25, -0.2) is 0 Å². The molecule has 6 heteroatoms. The topological polar surface area (TPSA) is 82.8 Å². The minimum absolute atomic E-state index is 0.428. The van der Waals surface area contributed by atoms with Crippen LogP contribution in [0.25, 0.3) is 5.69 Å². The lowest BCUT2D eigenvalue weighted by Gasteiger charge is -2.09. The monoisotopic (exact) mass is 315 g/mol. The number of hydrogen-bond acceptors (Lipinski definition) is 4. The van der Waals surface area contributed by atoms with E-state index >= 15 is 0 Å². The van der Waals surface area contributed by atoms with Gasteiger partial charge in [-0.15, -0.1) is 10.2 Å². The minimum Gasteiger partial charge on any atom is -0.398 e. The van der Waals surface area contributed by atoms with Gasteiger partial charge < -0.3 is 11.5 Å². The second-order valence-electron chi connectivity index (χ2n) is 3.07. The van der Waals surface area contributed by atoms with E-state index < -0.39 is 0 Å². The summed E-state index contributed by atoms with van der Waals surface area (Å²) in [6.07, 6.45) is 3.28. The quantitative estimate of drug-likeness (QED) is 0.637. The second kappa shape index (κ2) is 4.15. The van der Waals surface area contributed by atoms with Crippen LogP contribution >= 0.6 is 22.6 Å². The average Bonchev–Trinajstić information content (AvgIpc) is 2.75. The molecule has 0 amide bonds. The number of halogens is 1. The van der Waals surface area contributed by atoms with Crippen molar-refractivity contribution in [2.24, 2.45) is 5.73 Å². The molecule has 0 saturated carbocycles. The lowest BCUT2D eigenvalue weighted by molar-refractivity contribution is 1.02. The van der Waals surface area contributed by atoms with Gasteiger partial charge in [-0.3, -0.25) is 4.57 Å². The Bertz CT molecular complexity index is 466. The summed E-state index contributed by atoms with van der Waals surface area (Å²) in [4.78, 5) is 0. The molecule has 0 fully saturated rings. The fourth-order valence-corrected chi connectivity index (χ4v) is 1.98. The molecule has 1 aromatic carbocycles. The summed E-state index contributed by atoms with van der Waals surface area (Å²) in [6, 6.07) is 3.92. The second-order valence-corrected chi connectivity index (χ2v) is 4.24. The van der Waals surface area contributed by atoms with E-state index in [-0.39, 0.29) is 0 Å². The number of anilines is 1. The molecular weight excluding hydrogens is 305 g/mol. The maximum Gasteiger partial charge on any atom is 0.123 e. The molecule has 0 spiro atoms. The molecule has 2 rings (SSSR count). The van der Waals surface area contributed by atoms with Crippen molar-refractivity contribution >= 4 is 28.3 Å². The first-order valence-corrected chi connectivity index (χ1v) is 5.43. The van der Waals surface area contributed by atoms with Crippen molar-refractivity contribution in [2.75, 3.05) is 5.73 Å². The van der Waals surface area contributed by atoms with Crippen molar-refractivity contribution in [3.8, 4) is 5.69 Å².